The number of hydrogen-bond acceptors (Lipinski definition) is 4. The van der Waals surface area contributed by atoms with Gasteiger partial charge in [0.25, 0.3) is 0 Å². The minimum atomic E-state index is -0.0466. The molecule has 0 atom stereocenters. The van der Waals surface area contributed by atoms with Crippen LogP contribution in [0.4, 0.5) is 5.82 Å². The van der Waals surface area contributed by atoms with Crippen LogP contribution in [-0.2, 0) is 16.0 Å². The minimum Gasteiger partial charge on any atom is -0.353 e. The Morgan fingerprint density at radius 2 is 2.00 bits per heavy atom. The SMILES string of the molecule is O=C(CCc1cccnc1)Nc1cc([C@H]2C[C@@H](NC(=O)CC3CCCC3)C2)n[nH]1. The van der Waals surface area contributed by atoms with Crippen molar-refractivity contribution < 1.29 is 9.59 Å². The van der Waals surface area contributed by atoms with Gasteiger partial charge in [-0.05, 0) is 49.7 Å². The molecule has 2 amide bonds. The summed E-state index contributed by atoms with van der Waals surface area (Å²) >= 11 is 0. The maximum atomic E-state index is 12.2. The number of aryl methyl sites for hydroxylation is 1. The average molecular weight is 396 g/mol. The van der Waals surface area contributed by atoms with Crippen LogP contribution < -0.4 is 10.6 Å². The van der Waals surface area contributed by atoms with Gasteiger partial charge in [-0.1, -0.05) is 18.9 Å². The number of hydrogen-bond donors (Lipinski definition) is 3. The number of anilines is 1. The molecule has 2 saturated carbocycles. The maximum absolute atomic E-state index is 12.2. The van der Waals surface area contributed by atoms with Crippen molar-refractivity contribution >= 4 is 17.6 Å². The summed E-state index contributed by atoms with van der Waals surface area (Å²) in [5.41, 5.74) is 2.00. The van der Waals surface area contributed by atoms with Crippen molar-refractivity contribution in [3.63, 3.8) is 0 Å². The Hall–Kier alpha value is -2.70. The number of carbonyl (C=O) groups is 2. The fraction of sp³-hybridized carbons (Fsp3) is 0.545. The van der Waals surface area contributed by atoms with Crippen LogP contribution in [0.5, 0.6) is 0 Å². The lowest BCUT2D eigenvalue weighted by Gasteiger charge is -2.35. The molecule has 0 aromatic carbocycles. The van der Waals surface area contributed by atoms with E-state index in [2.05, 4.69) is 25.8 Å². The number of rotatable bonds is 8. The molecule has 0 radical (unpaired) electrons. The van der Waals surface area contributed by atoms with Gasteiger partial charge in [0.2, 0.25) is 11.8 Å². The van der Waals surface area contributed by atoms with E-state index in [0.717, 1.165) is 24.1 Å². The first kappa shape index (κ1) is 19.6. The third-order valence-corrected chi connectivity index (χ3v) is 6.11. The molecule has 29 heavy (non-hydrogen) atoms. The molecule has 7 nitrogen and oxygen atoms in total. The predicted octanol–water partition coefficient (Wildman–Crippen LogP) is 3.32. The second-order valence-corrected chi connectivity index (χ2v) is 8.40. The van der Waals surface area contributed by atoms with E-state index in [0.29, 0.717) is 36.9 Å². The van der Waals surface area contributed by atoms with Crippen LogP contribution >= 0.6 is 0 Å². The number of aromatic nitrogens is 3. The summed E-state index contributed by atoms with van der Waals surface area (Å²) in [5, 5.41) is 13.3. The molecular weight excluding hydrogens is 366 g/mol. The van der Waals surface area contributed by atoms with Gasteiger partial charge in [0.05, 0.1) is 5.69 Å². The lowest BCUT2D eigenvalue weighted by Crippen LogP contribution is -2.43. The summed E-state index contributed by atoms with van der Waals surface area (Å²) in [6, 6.07) is 6.00. The standard InChI is InChI=1S/C22H29N5O2/c28-21(8-7-16-6-3-9-23-14-16)25-20-13-19(26-27-20)17-11-18(12-17)24-22(29)10-15-4-1-2-5-15/h3,6,9,13-15,17-18H,1-2,4-5,7-8,10-12H2,(H,24,29)(H2,25,26,27,28)/t17-,18+. The average Bonchev–Trinajstić information content (AvgIpc) is 3.36. The molecule has 0 aliphatic heterocycles. The second-order valence-electron chi connectivity index (χ2n) is 8.40. The fourth-order valence-corrected chi connectivity index (χ4v) is 4.37. The summed E-state index contributed by atoms with van der Waals surface area (Å²) in [6.07, 6.45) is 12.0. The Balaban J connectivity index is 1.17. The van der Waals surface area contributed by atoms with Crippen LogP contribution in [0.3, 0.4) is 0 Å². The molecule has 2 aliphatic rings. The van der Waals surface area contributed by atoms with Crippen molar-refractivity contribution in [2.45, 2.75) is 69.7 Å². The van der Waals surface area contributed by atoms with E-state index in [9.17, 15) is 9.59 Å². The zero-order valence-corrected chi connectivity index (χ0v) is 16.7. The van der Waals surface area contributed by atoms with Crippen LogP contribution in [0.1, 0.15) is 68.5 Å². The Kier molecular flexibility index (Phi) is 6.22. The first-order chi connectivity index (χ1) is 14.2. The van der Waals surface area contributed by atoms with Gasteiger partial charge in [-0.25, -0.2) is 0 Å². The summed E-state index contributed by atoms with van der Waals surface area (Å²) < 4.78 is 0. The lowest BCUT2D eigenvalue weighted by molar-refractivity contribution is -0.123. The summed E-state index contributed by atoms with van der Waals surface area (Å²) in [5.74, 6) is 1.70. The molecule has 3 N–H and O–H groups in total. The van der Waals surface area contributed by atoms with E-state index in [4.69, 9.17) is 0 Å². The molecule has 4 rings (SSSR count). The van der Waals surface area contributed by atoms with Gasteiger partial charge in [-0.3, -0.25) is 19.7 Å². The molecule has 2 heterocycles. The van der Waals surface area contributed by atoms with Gasteiger partial charge in [-0.15, -0.1) is 0 Å². The van der Waals surface area contributed by atoms with Gasteiger partial charge in [0.1, 0.15) is 5.82 Å². The van der Waals surface area contributed by atoms with Crippen LogP contribution in [0.2, 0.25) is 0 Å². The minimum absolute atomic E-state index is 0.0466. The van der Waals surface area contributed by atoms with Gasteiger partial charge in [0.15, 0.2) is 0 Å². The summed E-state index contributed by atoms with van der Waals surface area (Å²) in [7, 11) is 0. The Labute approximate surface area is 171 Å². The van der Waals surface area contributed by atoms with E-state index >= 15 is 0 Å². The van der Waals surface area contributed by atoms with Crippen LogP contribution in [0, 0.1) is 5.92 Å². The second kappa shape index (κ2) is 9.20. The molecule has 0 spiro atoms. The Bertz CT molecular complexity index is 823. The van der Waals surface area contributed by atoms with Crippen molar-refractivity contribution in [2.24, 2.45) is 5.92 Å². The number of H-pyrrole nitrogens is 1. The van der Waals surface area contributed by atoms with Crippen molar-refractivity contribution in [3.05, 3.63) is 41.9 Å². The van der Waals surface area contributed by atoms with Gasteiger partial charge in [-0.2, -0.15) is 5.10 Å². The maximum Gasteiger partial charge on any atom is 0.225 e. The topological polar surface area (TPSA) is 99.8 Å². The van der Waals surface area contributed by atoms with Crippen LogP contribution in [0.15, 0.2) is 30.6 Å². The van der Waals surface area contributed by atoms with Crippen molar-refractivity contribution in [1.82, 2.24) is 20.5 Å². The highest BCUT2D eigenvalue weighted by atomic mass is 16.2. The van der Waals surface area contributed by atoms with Gasteiger partial charge in [0, 0.05) is 43.3 Å². The Morgan fingerprint density at radius 3 is 2.76 bits per heavy atom. The molecule has 2 aromatic rings. The molecule has 7 heteroatoms. The zero-order chi connectivity index (χ0) is 20.1. The molecule has 154 valence electrons. The summed E-state index contributed by atoms with van der Waals surface area (Å²) in [4.78, 5) is 28.3. The molecule has 0 saturated heterocycles. The number of carbonyl (C=O) groups excluding carboxylic acids is 2. The predicted molar refractivity (Wildman–Crippen MR) is 110 cm³/mol. The summed E-state index contributed by atoms with van der Waals surface area (Å²) in [6.45, 7) is 0. The van der Waals surface area contributed by atoms with E-state index in [1.54, 1.807) is 12.4 Å². The van der Waals surface area contributed by atoms with Crippen molar-refractivity contribution in [3.8, 4) is 0 Å². The Morgan fingerprint density at radius 1 is 1.17 bits per heavy atom. The largest absolute Gasteiger partial charge is 0.353 e. The third-order valence-electron chi connectivity index (χ3n) is 6.11. The first-order valence-electron chi connectivity index (χ1n) is 10.7. The smallest absolute Gasteiger partial charge is 0.225 e. The number of nitrogens with zero attached hydrogens (tertiary/aromatic N) is 2. The monoisotopic (exact) mass is 395 g/mol. The van der Waals surface area contributed by atoms with Crippen LogP contribution in [0.25, 0.3) is 0 Å². The lowest BCUT2D eigenvalue weighted by atomic mass is 9.78. The molecule has 2 aliphatic carbocycles. The number of aromatic amines is 1. The quantitative estimate of drug-likeness (QED) is 0.638. The third kappa shape index (κ3) is 5.43. The highest BCUT2D eigenvalue weighted by Crippen LogP contribution is 2.37. The molecule has 0 unspecified atom stereocenters. The molecular formula is C22H29N5O2. The number of amides is 2. The highest BCUT2D eigenvalue weighted by Gasteiger charge is 2.33. The van der Waals surface area contributed by atoms with E-state index in [1.807, 2.05) is 18.2 Å². The number of pyridine rings is 1. The van der Waals surface area contributed by atoms with Crippen LogP contribution in [-0.4, -0.2) is 33.0 Å². The zero-order valence-electron chi connectivity index (χ0n) is 16.7. The molecule has 2 fully saturated rings. The van der Waals surface area contributed by atoms with Gasteiger partial charge < -0.3 is 10.6 Å². The molecule has 0 bridgehead atoms. The first-order valence-corrected chi connectivity index (χ1v) is 10.7. The van der Waals surface area contributed by atoms with Crippen molar-refractivity contribution in [1.29, 1.82) is 0 Å². The van der Waals surface area contributed by atoms with E-state index in [1.165, 1.54) is 25.7 Å². The number of nitrogens with one attached hydrogen (secondary N) is 3. The van der Waals surface area contributed by atoms with Crippen molar-refractivity contribution in [2.75, 3.05) is 5.32 Å². The fourth-order valence-electron chi connectivity index (χ4n) is 4.37. The van der Waals surface area contributed by atoms with E-state index in [-0.39, 0.29) is 17.9 Å². The molecule has 2 aromatic heterocycles. The van der Waals surface area contributed by atoms with E-state index < -0.39 is 0 Å². The van der Waals surface area contributed by atoms with Gasteiger partial charge >= 0.3 is 0 Å². The normalized spacial score (nSPS) is 21.5. The highest BCUT2D eigenvalue weighted by molar-refractivity contribution is 5.89.